The molecule has 3 aromatic rings. The molecule has 0 unspecified atom stereocenters. The van der Waals surface area contributed by atoms with Gasteiger partial charge in [-0.25, -0.2) is 0 Å². The molecule has 0 amide bonds. The largest absolute Gasteiger partial charge is 0.256 e. The van der Waals surface area contributed by atoms with Crippen LogP contribution >= 0.6 is 0 Å². The van der Waals surface area contributed by atoms with Crippen LogP contribution in [0.25, 0.3) is 21.7 Å². The van der Waals surface area contributed by atoms with Crippen LogP contribution in [0.4, 0.5) is 0 Å². The summed E-state index contributed by atoms with van der Waals surface area (Å²) in [5.41, 5.74) is 3.80. The lowest BCUT2D eigenvalue weighted by molar-refractivity contribution is 1.37. The van der Waals surface area contributed by atoms with E-state index in [1.165, 1.54) is 27.3 Å². The molecule has 78 valence electrons. The Morgan fingerprint density at radius 2 is 1.38 bits per heavy atom. The van der Waals surface area contributed by atoms with Gasteiger partial charge in [0.1, 0.15) is 0 Å². The first kappa shape index (κ1) is 9.34. The van der Waals surface area contributed by atoms with Crippen molar-refractivity contribution in [1.29, 1.82) is 0 Å². The van der Waals surface area contributed by atoms with Crippen LogP contribution in [-0.4, -0.2) is 4.98 Å². The molecule has 1 aromatic heterocycles. The molecule has 0 saturated carbocycles. The summed E-state index contributed by atoms with van der Waals surface area (Å²) in [5, 5.41) is 3.83. The Balaban J connectivity index is 2.69. The Morgan fingerprint density at radius 3 is 2.19 bits per heavy atom. The molecule has 1 heteroatoms. The van der Waals surface area contributed by atoms with Gasteiger partial charge < -0.3 is 0 Å². The number of benzene rings is 2. The standard InChI is InChI=1S/C15H13N/c1-10-11(2)13-8-5-9-16-15(13)14-7-4-3-6-12(10)14/h3-9H,1-2H3. The van der Waals surface area contributed by atoms with Crippen LogP contribution in [-0.2, 0) is 0 Å². The maximum Gasteiger partial charge on any atom is 0.0783 e. The van der Waals surface area contributed by atoms with Crippen molar-refractivity contribution in [2.45, 2.75) is 13.8 Å². The number of aromatic nitrogens is 1. The van der Waals surface area contributed by atoms with Gasteiger partial charge in [-0.2, -0.15) is 0 Å². The molecule has 0 saturated heterocycles. The Kier molecular flexibility index (Phi) is 1.93. The summed E-state index contributed by atoms with van der Waals surface area (Å²) in [5.74, 6) is 0. The quantitative estimate of drug-likeness (QED) is 0.508. The third kappa shape index (κ3) is 1.15. The highest BCUT2D eigenvalue weighted by molar-refractivity contribution is 6.08. The van der Waals surface area contributed by atoms with Gasteiger partial charge in [-0.05, 0) is 36.4 Å². The summed E-state index contributed by atoms with van der Waals surface area (Å²) in [6.07, 6.45) is 1.86. The molecule has 16 heavy (non-hydrogen) atoms. The topological polar surface area (TPSA) is 12.9 Å². The number of fused-ring (bicyclic) bond motifs is 3. The summed E-state index contributed by atoms with van der Waals surface area (Å²) < 4.78 is 0. The van der Waals surface area contributed by atoms with E-state index in [2.05, 4.69) is 49.2 Å². The normalized spacial score (nSPS) is 11.1. The van der Waals surface area contributed by atoms with Gasteiger partial charge in [-0.3, -0.25) is 4.98 Å². The van der Waals surface area contributed by atoms with Crippen LogP contribution in [0.1, 0.15) is 11.1 Å². The van der Waals surface area contributed by atoms with Gasteiger partial charge in [0.15, 0.2) is 0 Å². The maximum absolute atomic E-state index is 4.51. The molecule has 1 nitrogen and oxygen atoms in total. The maximum atomic E-state index is 4.51. The van der Waals surface area contributed by atoms with E-state index in [0.717, 1.165) is 5.52 Å². The van der Waals surface area contributed by atoms with Gasteiger partial charge in [0.05, 0.1) is 5.52 Å². The van der Waals surface area contributed by atoms with Crippen LogP contribution in [0, 0.1) is 13.8 Å². The summed E-state index contributed by atoms with van der Waals surface area (Å²) in [7, 11) is 0. The number of nitrogens with zero attached hydrogens (tertiary/aromatic N) is 1. The molecular weight excluding hydrogens is 194 g/mol. The molecule has 0 spiro atoms. The van der Waals surface area contributed by atoms with Gasteiger partial charge in [-0.1, -0.05) is 30.3 Å². The average molecular weight is 207 g/mol. The third-order valence-corrected chi connectivity index (χ3v) is 3.36. The summed E-state index contributed by atoms with van der Waals surface area (Å²) in [4.78, 5) is 4.51. The first-order chi connectivity index (χ1) is 7.79. The number of hydrogen-bond acceptors (Lipinski definition) is 1. The minimum Gasteiger partial charge on any atom is -0.256 e. The second-order valence-corrected chi connectivity index (χ2v) is 4.20. The second kappa shape index (κ2) is 3.31. The molecule has 0 bridgehead atoms. The molecule has 0 atom stereocenters. The minimum absolute atomic E-state index is 1.11. The number of aryl methyl sites for hydroxylation is 2. The van der Waals surface area contributed by atoms with Crippen molar-refractivity contribution in [3.05, 3.63) is 53.7 Å². The monoisotopic (exact) mass is 207 g/mol. The van der Waals surface area contributed by atoms with Crippen LogP contribution in [0.15, 0.2) is 42.6 Å². The van der Waals surface area contributed by atoms with Crippen LogP contribution in [0.5, 0.6) is 0 Å². The molecule has 0 aliphatic heterocycles. The van der Waals surface area contributed by atoms with Crippen LogP contribution in [0.2, 0.25) is 0 Å². The highest BCUT2D eigenvalue weighted by atomic mass is 14.6. The number of rotatable bonds is 0. The predicted molar refractivity (Wildman–Crippen MR) is 68.7 cm³/mol. The molecule has 0 aliphatic carbocycles. The van der Waals surface area contributed by atoms with E-state index in [9.17, 15) is 0 Å². The first-order valence-electron chi connectivity index (χ1n) is 5.51. The molecule has 0 aliphatic rings. The first-order valence-corrected chi connectivity index (χ1v) is 5.51. The van der Waals surface area contributed by atoms with Crippen molar-refractivity contribution in [3.63, 3.8) is 0 Å². The Hall–Kier alpha value is -1.89. The third-order valence-electron chi connectivity index (χ3n) is 3.36. The zero-order valence-electron chi connectivity index (χ0n) is 9.49. The summed E-state index contributed by atoms with van der Waals surface area (Å²) in [6, 6.07) is 12.6. The SMILES string of the molecule is Cc1c(C)c2cccnc2c2ccccc12. The van der Waals surface area contributed by atoms with E-state index in [1.807, 2.05) is 12.3 Å². The predicted octanol–water partition coefficient (Wildman–Crippen LogP) is 4.00. The lowest BCUT2D eigenvalue weighted by Crippen LogP contribution is -1.89. The van der Waals surface area contributed by atoms with Gasteiger partial charge in [0.2, 0.25) is 0 Å². The van der Waals surface area contributed by atoms with E-state index in [4.69, 9.17) is 0 Å². The van der Waals surface area contributed by atoms with Gasteiger partial charge >= 0.3 is 0 Å². The number of hydrogen-bond donors (Lipinski definition) is 0. The van der Waals surface area contributed by atoms with Crippen molar-refractivity contribution < 1.29 is 0 Å². The minimum atomic E-state index is 1.11. The molecule has 1 heterocycles. The molecule has 2 aromatic carbocycles. The van der Waals surface area contributed by atoms with Crippen LogP contribution in [0.3, 0.4) is 0 Å². The van der Waals surface area contributed by atoms with Crippen molar-refractivity contribution in [2.75, 3.05) is 0 Å². The molecule has 0 N–H and O–H groups in total. The Labute approximate surface area is 94.7 Å². The van der Waals surface area contributed by atoms with Gasteiger partial charge in [0.25, 0.3) is 0 Å². The lowest BCUT2D eigenvalue weighted by Gasteiger charge is -2.10. The zero-order valence-corrected chi connectivity index (χ0v) is 9.49. The van der Waals surface area contributed by atoms with E-state index in [1.54, 1.807) is 0 Å². The van der Waals surface area contributed by atoms with E-state index < -0.39 is 0 Å². The van der Waals surface area contributed by atoms with Crippen molar-refractivity contribution in [1.82, 2.24) is 4.98 Å². The van der Waals surface area contributed by atoms with E-state index in [-0.39, 0.29) is 0 Å². The van der Waals surface area contributed by atoms with Gasteiger partial charge in [0, 0.05) is 17.0 Å². The second-order valence-electron chi connectivity index (χ2n) is 4.20. The van der Waals surface area contributed by atoms with Crippen molar-refractivity contribution in [3.8, 4) is 0 Å². The Bertz CT molecular complexity index is 623. The molecule has 0 fully saturated rings. The van der Waals surface area contributed by atoms with E-state index >= 15 is 0 Å². The fourth-order valence-electron chi connectivity index (χ4n) is 2.34. The molecule has 0 radical (unpaired) electrons. The number of pyridine rings is 1. The highest BCUT2D eigenvalue weighted by Crippen LogP contribution is 2.30. The molecule has 3 rings (SSSR count). The van der Waals surface area contributed by atoms with Crippen molar-refractivity contribution in [2.24, 2.45) is 0 Å². The lowest BCUT2D eigenvalue weighted by atomic mass is 9.96. The van der Waals surface area contributed by atoms with Crippen molar-refractivity contribution >= 4 is 21.7 Å². The van der Waals surface area contributed by atoms with Crippen LogP contribution < -0.4 is 0 Å². The molecular formula is C15H13N. The summed E-state index contributed by atoms with van der Waals surface area (Å²) in [6.45, 7) is 4.36. The zero-order chi connectivity index (χ0) is 11.1. The summed E-state index contributed by atoms with van der Waals surface area (Å²) >= 11 is 0. The van der Waals surface area contributed by atoms with E-state index in [0.29, 0.717) is 0 Å². The highest BCUT2D eigenvalue weighted by Gasteiger charge is 2.07. The Morgan fingerprint density at radius 1 is 0.750 bits per heavy atom. The fraction of sp³-hybridized carbons (Fsp3) is 0.133. The smallest absolute Gasteiger partial charge is 0.0783 e. The average Bonchev–Trinajstić information content (AvgIpc) is 2.36. The van der Waals surface area contributed by atoms with Gasteiger partial charge in [-0.15, -0.1) is 0 Å². The fourth-order valence-corrected chi connectivity index (χ4v) is 2.34.